The monoisotopic (exact) mass is 259 g/mol. The van der Waals surface area contributed by atoms with Crippen LogP contribution in [0, 0.1) is 0 Å². The van der Waals surface area contributed by atoms with Crippen LogP contribution in [0.15, 0.2) is 21.5 Å². The topological polar surface area (TPSA) is 91.1 Å². The molecule has 0 fully saturated rings. The number of hydrogen-bond donors (Lipinski definition) is 2. The molecule has 14 heavy (non-hydrogen) atoms. The Morgan fingerprint density at radius 1 is 1.64 bits per heavy atom. The van der Waals surface area contributed by atoms with E-state index < -0.39 is 11.9 Å². The van der Waals surface area contributed by atoms with Gasteiger partial charge in [0.1, 0.15) is 6.04 Å². The molecule has 1 unspecified atom stereocenters. The number of anilines is 1. The number of carbonyl (C=O) groups excluding carboxylic acids is 1. The van der Waals surface area contributed by atoms with E-state index in [9.17, 15) is 9.59 Å². The van der Waals surface area contributed by atoms with Crippen LogP contribution in [0.25, 0.3) is 0 Å². The first-order chi connectivity index (χ1) is 6.43. The Labute approximate surface area is 88.8 Å². The average Bonchev–Trinajstić information content (AvgIpc) is 2.09. The third-order valence-electron chi connectivity index (χ3n) is 1.85. The van der Waals surface area contributed by atoms with Crippen molar-refractivity contribution in [1.29, 1.82) is 0 Å². The molecule has 0 saturated heterocycles. The van der Waals surface area contributed by atoms with Crippen molar-refractivity contribution in [2.24, 2.45) is 5.73 Å². The molecule has 0 aliphatic carbocycles. The number of primary amides is 1. The number of halogens is 1. The van der Waals surface area contributed by atoms with Crippen LogP contribution in [-0.2, 0) is 4.79 Å². The molecule has 5 nitrogen and oxygen atoms in total. The first-order valence-electron chi connectivity index (χ1n) is 3.90. The van der Waals surface area contributed by atoms with Crippen molar-refractivity contribution in [1.82, 2.24) is 4.57 Å². The molecule has 0 aromatic carbocycles. The molecular weight excluding hydrogens is 250 g/mol. The molecule has 1 amide bonds. The number of nitrogens with two attached hydrogens (primary N) is 2. The second-order valence-electron chi connectivity index (χ2n) is 2.91. The Balaban J connectivity index is 3.34. The summed E-state index contributed by atoms with van der Waals surface area (Å²) < 4.78 is 1.51. The second kappa shape index (κ2) is 3.83. The molecule has 4 N–H and O–H groups in total. The molecule has 0 bridgehead atoms. The van der Waals surface area contributed by atoms with Crippen LogP contribution in [-0.4, -0.2) is 10.5 Å². The van der Waals surface area contributed by atoms with E-state index in [2.05, 4.69) is 15.9 Å². The number of hydrogen-bond acceptors (Lipinski definition) is 3. The number of nitrogens with zero attached hydrogens (tertiary/aromatic N) is 1. The zero-order valence-corrected chi connectivity index (χ0v) is 9.11. The van der Waals surface area contributed by atoms with Crippen LogP contribution in [0.2, 0.25) is 0 Å². The molecule has 0 saturated carbocycles. The number of nitrogen functional groups attached to an aromatic ring is 1. The molecule has 0 aliphatic rings. The highest BCUT2D eigenvalue weighted by Gasteiger charge is 2.14. The minimum Gasteiger partial charge on any atom is -0.398 e. The van der Waals surface area contributed by atoms with E-state index in [4.69, 9.17) is 11.5 Å². The highest BCUT2D eigenvalue weighted by atomic mass is 79.9. The first kappa shape index (κ1) is 10.8. The van der Waals surface area contributed by atoms with Crippen molar-refractivity contribution in [2.45, 2.75) is 13.0 Å². The van der Waals surface area contributed by atoms with Crippen LogP contribution in [0.1, 0.15) is 13.0 Å². The van der Waals surface area contributed by atoms with Crippen LogP contribution in [0.3, 0.4) is 0 Å². The number of pyridine rings is 1. The lowest BCUT2D eigenvalue weighted by Crippen LogP contribution is -2.32. The van der Waals surface area contributed by atoms with E-state index in [0.717, 1.165) is 0 Å². The van der Waals surface area contributed by atoms with Gasteiger partial charge < -0.3 is 16.0 Å². The van der Waals surface area contributed by atoms with E-state index >= 15 is 0 Å². The predicted octanol–water partition coefficient (Wildman–Crippen LogP) is 0.239. The normalized spacial score (nSPS) is 12.4. The van der Waals surface area contributed by atoms with E-state index in [-0.39, 0.29) is 5.56 Å². The molecule has 1 rings (SSSR count). The Bertz CT molecular complexity index is 427. The van der Waals surface area contributed by atoms with Crippen molar-refractivity contribution in [2.75, 3.05) is 5.73 Å². The maximum absolute atomic E-state index is 11.5. The summed E-state index contributed by atoms with van der Waals surface area (Å²) in [5.41, 5.74) is 10.7. The highest BCUT2D eigenvalue weighted by molar-refractivity contribution is 9.10. The largest absolute Gasteiger partial charge is 0.398 e. The lowest BCUT2D eigenvalue weighted by atomic mass is 10.3. The fourth-order valence-electron chi connectivity index (χ4n) is 1.01. The summed E-state index contributed by atoms with van der Waals surface area (Å²) in [6, 6.07) is 0.773. The quantitative estimate of drug-likeness (QED) is 0.797. The zero-order chi connectivity index (χ0) is 10.9. The average molecular weight is 260 g/mol. The van der Waals surface area contributed by atoms with Gasteiger partial charge in [-0.15, -0.1) is 0 Å². The minimum atomic E-state index is -0.706. The van der Waals surface area contributed by atoms with Gasteiger partial charge in [0.05, 0.1) is 4.47 Å². The smallest absolute Gasteiger partial charge is 0.265 e. The zero-order valence-electron chi connectivity index (χ0n) is 7.53. The summed E-state index contributed by atoms with van der Waals surface area (Å²) in [4.78, 5) is 22.4. The van der Waals surface area contributed by atoms with Gasteiger partial charge in [0.15, 0.2) is 0 Å². The minimum absolute atomic E-state index is 0.311. The molecule has 6 heteroatoms. The van der Waals surface area contributed by atoms with Crippen LogP contribution >= 0.6 is 15.9 Å². The number of carbonyl (C=O) groups is 1. The van der Waals surface area contributed by atoms with Crippen molar-refractivity contribution in [3.63, 3.8) is 0 Å². The van der Waals surface area contributed by atoms with Crippen LogP contribution in [0.5, 0.6) is 0 Å². The Hall–Kier alpha value is -1.30. The molecule has 1 heterocycles. The second-order valence-corrected chi connectivity index (χ2v) is 3.77. The van der Waals surface area contributed by atoms with Crippen molar-refractivity contribution >= 4 is 27.5 Å². The Kier molecular flexibility index (Phi) is 2.95. The fourth-order valence-corrected chi connectivity index (χ4v) is 1.48. The van der Waals surface area contributed by atoms with Gasteiger partial charge >= 0.3 is 0 Å². The summed E-state index contributed by atoms with van der Waals surface area (Å²) in [5.74, 6) is -0.579. The molecule has 1 aromatic heterocycles. The molecular formula is C8H10BrN3O2. The maximum Gasteiger partial charge on any atom is 0.265 e. The lowest BCUT2D eigenvalue weighted by Gasteiger charge is -2.12. The molecule has 0 radical (unpaired) electrons. The van der Waals surface area contributed by atoms with Gasteiger partial charge in [0.2, 0.25) is 5.91 Å². The predicted molar refractivity (Wildman–Crippen MR) is 56.7 cm³/mol. The van der Waals surface area contributed by atoms with E-state index in [1.54, 1.807) is 0 Å². The summed E-state index contributed by atoms with van der Waals surface area (Å²) in [6.07, 6.45) is 1.39. The van der Waals surface area contributed by atoms with Crippen molar-refractivity contribution < 1.29 is 4.79 Å². The first-order valence-corrected chi connectivity index (χ1v) is 4.69. The van der Waals surface area contributed by atoms with Crippen molar-refractivity contribution in [3.05, 3.63) is 27.1 Å². The summed E-state index contributed by atoms with van der Waals surface area (Å²) in [6.45, 7) is 1.54. The van der Waals surface area contributed by atoms with Gasteiger partial charge in [-0.2, -0.15) is 0 Å². The number of aromatic nitrogens is 1. The van der Waals surface area contributed by atoms with Crippen LogP contribution < -0.4 is 17.0 Å². The lowest BCUT2D eigenvalue weighted by molar-refractivity contribution is -0.120. The third-order valence-corrected chi connectivity index (χ3v) is 2.42. The van der Waals surface area contributed by atoms with E-state index in [0.29, 0.717) is 10.2 Å². The summed E-state index contributed by atoms with van der Waals surface area (Å²) in [5, 5.41) is 0. The SMILES string of the molecule is CC(C(N)=O)n1cc(N)cc(Br)c1=O. The molecule has 0 aliphatic heterocycles. The van der Waals surface area contributed by atoms with Gasteiger partial charge in [-0.3, -0.25) is 9.59 Å². The third kappa shape index (κ3) is 1.95. The van der Waals surface area contributed by atoms with Gasteiger partial charge in [-0.05, 0) is 28.9 Å². The van der Waals surface area contributed by atoms with Gasteiger partial charge in [-0.25, -0.2) is 0 Å². The molecule has 1 aromatic rings. The number of amides is 1. The van der Waals surface area contributed by atoms with Gasteiger partial charge in [0.25, 0.3) is 5.56 Å². The maximum atomic E-state index is 11.5. The van der Waals surface area contributed by atoms with Crippen molar-refractivity contribution in [3.8, 4) is 0 Å². The fraction of sp³-hybridized carbons (Fsp3) is 0.250. The highest BCUT2D eigenvalue weighted by Crippen LogP contribution is 2.11. The van der Waals surface area contributed by atoms with E-state index in [1.165, 1.54) is 23.8 Å². The summed E-state index contributed by atoms with van der Waals surface area (Å²) in [7, 11) is 0. The summed E-state index contributed by atoms with van der Waals surface area (Å²) >= 11 is 3.05. The molecule has 0 spiro atoms. The van der Waals surface area contributed by atoms with Crippen LogP contribution in [0.4, 0.5) is 5.69 Å². The van der Waals surface area contributed by atoms with Gasteiger partial charge in [-0.1, -0.05) is 0 Å². The van der Waals surface area contributed by atoms with Gasteiger partial charge in [0, 0.05) is 11.9 Å². The Morgan fingerprint density at radius 2 is 2.21 bits per heavy atom. The van der Waals surface area contributed by atoms with E-state index in [1.807, 2.05) is 0 Å². The Morgan fingerprint density at radius 3 is 2.71 bits per heavy atom. The number of rotatable bonds is 2. The molecule has 76 valence electrons. The standard InChI is InChI=1S/C8H10BrN3O2/c1-4(7(11)13)12-3-5(10)2-6(9)8(12)14/h2-4H,10H2,1H3,(H2,11,13). The molecule has 1 atom stereocenters.